The second-order valence-electron chi connectivity index (χ2n) is 5.63. The van der Waals surface area contributed by atoms with Crippen molar-refractivity contribution in [2.75, 3.05) is 19.3 Å². The van der Waals surface area contributed by atoms with E-state index in [1.165, 1.54) is 10.6 Å². The highest BCUT2D eigenvalue weighted by molar-refractivity contribution is 7.88. The maximum atomic E-state index is 12.5. The molecule has 0 bridgehead atoms. The third-order valence-corrected chi connectivity index (χ3v) is 5.28. The molecule has 6 heteroatoms. The molecule has 2 rings (SSSR count). The normalized spacial score (nSPS) is 29.4. The van der Waals surface area contributed by atoms with E-state index in [4.69, 9.17) is 0 Å². The van der Waals surface area contributed by atoms with Crippen LogP contribution in [0.15, 0.2) is 11.6 Å². The van der Waals surface area contributed by atoms with Crippen LogP contribution in [0.2, 0.25) is 0 Å². The molecule has 2 atom stereocenters. The highest BCUT2D eigenvalue weighted by Gasteiger charge is 2.34. The Hall–Kier alpha value is -0.880. The van der Waals surface area contributed by atoms with Crippen LogP contribution in [0, 0.1) is 0 Å². The Morgan fingerprint density at radius 2 is 1.84 bits per heavy atom. The van der Waals surface area contributed by atoms with Crippen molar-refractivity contribution in [3.8, 4) is 0 Å². The first-order valence-electron chi connectivity index (χ1n) is 6.77. The summed E-state index contributed by atoms with van der Waals surface area (Å²) in [4.78, 5) is 14.4. The van der Waals surface area contributed by atoms with Crippen molar-refractivity contribution in [3.05, 3.63) is 11.6 Å². The molecule has 2 aliphatic rings. The number of amides is 1. The zero-order valence-corrected chi connectivity index (χ0v) is 12.6. The van der Waals surface area contributed by atoms with Crippen molar-refractivity contribution in [2.45, 2.75) is 45.2 Å². The van der Waals surface area contributed by atoms with Crippen LogP contribution in [0.1, 0.15) is 33.1 Å². The first-order valence-corrected chi connectivity index (χ1v) is 8.62. The second-order valence-corrected chi connectivity index (χ2v) is 7.61. The third kappa shape index (κ3) is 3.00. The van der Waals surface area contributed by atoms with Crippen molar-refractivity contribution >= 4 is 15.9 Å². The summed E-state index contributed by atoms with van der Waals surface area (Å²) in [6.45, 7) is 4.67. The van der Waals surface area contributed by atoms with Gasteiger partial charge in [0.15, 0.2) is 0 Å². The summed E-state index contributed by atoms with van der Waals surface area (Å²) in [6.07, 6.45) is 6.14. The standard InChI is InChI=1S/C13H22N2O3S/c1-10-5-4-6-11(2)15(10)13(16)12-7-8-14(9-12)19(3,17)18/h7,10-11H,4-6,8-9H2,1-3H3/t10-,11+. The number of nitrogens with zero attached hydrogens (tertiary/aromatic N) is 2. The fourth-order valence-electron chi connectivity index (χ4n) is 2.93. The van der Waals surface area contributed by atoms with Crippen molar-refractivity contribution in [1.82, 2.24) is 9.21 Å². The van der Waals surface area contributed by atoms with Gasteiger partial charge < -0.3 is 4.90 Å². The van der Waals surface area contributed by atoms with E-state index in [1.807, 2.05) is 4.90 Å². The van der Waals surface area contributed by atoms with E-state index in [1.54, 1.807) is 6.08 Å². The van der Waals surface area contributed by atoms with Crippen molar-refractivity contribution in [2.24, 2.45) is 0 Å². The van der Waals surface area contributed by atoms with E-state index in [0.717, 1.165) is 19.3 Å². The smallest absolute Gasteiger partial charge is 0.251 e. The molecule has 0 spiro atoms. The quantitative estimate of drug-likeness (QED) is 0.760. The molecule has 1 fully saturated rings. The lowest BCUT2D eigenvalue weighted by atomic mass is 9.96. The molecule has 0 aromatic rings. The number of likely N-dealkylation sites (tertiary alicyclic amines) is 1. The Labute approximate surface area is 115 Å². The van der Waals surface area contributed by atoms with E-state index in [2.05, 4.69) is 13.8 Å². The van der Waals surface area contributed by atoms with E-state index in [9.17, 15) is 13.2 Å². The topological polar surface area (TPSA) is 57.7 Å². The summed E-state index contributed by atoms with van der Waals surface area (Å²) in [6, 6.07) is 0.480. The molecule has 0 aromatic heterocycles. The van der Waals surface area contributed by atoms with E-state index >= 15 is 0 Å². The number of carbonyl (C=O) groups excluding carboxylic acids is 1. The summed E-state index contributed by atoms with van der Waals surface area (Å²) in [7, 11) is -3.22. The summed E-state index contributed by atoms with van der Waals surface area (Å²) in [5.74, 6) is 0.00542. The zero-order valence-electron chi connectivity index (χ0n) is 11.8. The number of sulfonamides is 1. The van der Waals surface area contributed by atoms with Gasteiger partial charge in [0.25, 0.3) is 5.91 Å². The van der Waals surface area contributed by atoms with Crippen molar-refractivity contribution in [3.63, 3.8) is 0 Å². The number of hydrogen-bond acceptors (Lipinski definition) is 3. The monoisotopic (exact) mass is 286 g/mol. The van der Waals surface area contributed by atoms with Crippen LogP contribution in [0.25, 0.3) is 0 Å². The Bertz CT molecular complexity index is 488. The molecule has 0 aromatic carbocycles. The Morgan fingerprint density at radius 3 is 2.32 bits per heavy atom. The number of rotatable bonds is 2. The number of hydrogen-bond donors (Lipinski definition) is 0. The summed E-state index contributed by atoms with van der Waals surface area (Å²) >= 11 is 0. The maximum absolute atomic E-state index is 12.5. The van der Waals surface area contributed by atoms with E-state index < -0.39 is 10.0 Å². The van der Waals surface area contributed by atoms with Crippen molar-refractivity contribution < 1.29 is 13.2 Å². The van der Waals surface area contributed by atoms with Gasteiger partial charge in [-0.1, -0.05) is 6.08 Å². The molecule has 2 heterocycles. The first kappa shape index (κ1) is 14.5. The average Bonchev–Trinajstić information content (AvgIpc) is 2.77. The van der Waals surface area contributed by atoms with Gasteiger partial charge in [-0.05, 0) is 33.1 Å². The molecule has 0 aliphatic carbocycles. The Balaban J connectivity index is 2.09. The van der Waals surface area contributed by atoms with Gasteiger partial charge in [-0.15, -0.1) is 0 Å². The molecular weight excluding hydrogens is 264 g/mol. The van der Waals surface area contributed by atoms with Crippen LogP contribution >= 0.6 is 0 Å². The molecular formula is C13H22N2O3S. The Morgan fingerprint density at radius 1 is 1.26 bits per heavy atom. The molecule has 5 nitrogen and oxygen atoms in total. The molecule has 1 amide bonds. The average molecular weight is 286 g/mol. The SMILES string of the molecule is C[C@@H]1CCC[C@H](C)N1C(=O)C1=CCN(S(C)(=O)=O)C1. The van der Waals surface area contributed by atoms with Gasteiger partial charge in [0.2, 0.25) is 10.0 Å². The van der Waals surface area contributed by atoms with Gasteiger partial charge >= 0.3 is 0 Å². The third-order valence-electron chi connectivity index (χ3n) is 4.06. The predicted octanol–water partition coefficient (Wildman–Crippen LogP) is 0.978. The fraction of sp³-hybridized carbons (Fsp3) is 0.769. The predicted molar refractivity (Wildman–Crippen MR) is 74.1 cm³/mol. The second kappa shape index (κ2) is 5.25. The minimum atomic E-state index is -3.22. The highest BCUT2D eigenvalue weighted by Crippen LogP contribution is 2.26. The number of carbonyl (C=O) groups is 1. The van der Waals surface area contributed by atoms with E-state index in [-0.39, 0.29) is 24.5 Å². The van der Waals surface area contributed by atoms with Crippen LogP contribution in [0.4, 0.5) is 0 Å². The summed E-state index contributed by atoms with van der Waals surface area (Å²) in [5, 5.41) is 0. The van der Waals surface area contributed by atoms with Crippen molar-refractivity contribution in [1.29, 1.82) is 0 Å². The van der Waals surface area contributed by atoms with Gasteiger partial charge in [0.05, 0.1) is 6.26 Å². The summed E-state index contributed by atoms with van der Waals surface area (Å²) < 4.78 is 24.3. The lowest BCUT2D eigenvalue weighted by Crippen LogP contribution is -2.48. The molecule has 0 saturated carbocycles. The molecule has 0 N–H and O–H groups in total. The minimum absolute atomic E-state index is 0.00542. The lowest BCUT2D eigenvalue weighted by molar-refractivity contribution is -0.133. The lowest BCUT2D eigenvalue weighted by Gasteiger charge is -2.39. The van der Waals surface area contributed by atoms with Crippen LogP contribution in [-0.4, -0.2) is 55.0 Å². The van der Waals surface area contributed by atoms with Crippen LogP contribution < -0.4 is 0 Å². The molecule has 0 unspecified atom stereocenters. The molecule has 0 radical (unpaired) electrons. The number of piperidine rings is 1. The summed E-state index contributed by atoms with van der Waals surface area (Å²) in [5.41, 5.74) is 0.617. The van der Waals surface area contributed by atoms with Gasteiger partial charge in [-0.3, -0.25) is 4.79 Å². The minimum Gasteiger partial charge on any atom is -0.333 e. The highest BCUT2D eigenvalue weighted by atomic mass is 32.2. The van der Waals surface area contributed by atoms with Gasteiger partial charge in [0, 0.05) is 30.7 Å². The van der Waals surface area contributed by atoms with Gasteiger partial charge in [-0.2, -0.15) is 4.31 Å². The molecule has 108 valence electrons. The largest absolute Gasteiger partial charge is 0.333 e. The zero-order chi connectivity index (χ0) is 14.2. The van der Waals surface area contributed by atoms with Crippen LogP contribution in [0.3, 0.4) is 0 Å². The van der Waals surface area contributed by atoms with Crippen LogP contribution in [0.5, 0.6) is 0 Å². The maximum Gasteiger partial charge on any atom is 0.251 e. The molecule has 1 saturated heterocycles. The Kier molecular flexibility index (Phi) is 4.01. The fourth-order valence-corrected chi connectivity index (χ4v) is 3.65. The first-order chi connectivity index (χ1) is 8.80. The molecule has 2 aliphatic heterocycles. The van der Waals surface area contributed by atoms with Gasteiger partial charge in [0.1, 0.15) is 0 Å². The molecule has 19 heavy (non-hydrogen) atoms. The van der Waals surface area contributed by atoms with Gasteiger partial charge in [-0.25, -0.2) is 8.42 Å². The van der Waals surface area contributed by atoms with Crippen LogP contribution in [-0.2, 0) is 14.8 Å². The van der Waals surface area contributed by atoms with E-state index in [0.29, 0.717) is 12.1 Å².